The summed E-state index contributed by atoms with van der Waals surface area (Å²) >= 11 is 0. The summed E-state index contributed by atoms with van der Waals surface area (Å²) in [5.41, 5.74) is 3.26. The van der Waals surface area contributed by atoms with Crippen LogP contribution in [0.5, 0.6) is 0 Å². The van der Waals surface area contributed by atoms with Crippen LogP contribution in [0.1, 0.15) is 89.8 Å². The number of unbranched alkanes of at least 4 members (excludes halogenated alkanes) is 1. The first-order valence-corrected chi connectivity index (χ1v) is 20.0. The molecule has 3 unspecified atom stereocenters. The van der Waals surface area contributed by atoms with Crippen molar-refractivity contribution in [2.24, 2.45) is 0 Å². The van der Waals surface area contributed by atoms with Gasteiger partial charge < -0.3 is 45.0 Å². The van der Waals surface area contributed by atoms with Crippen molar-refractivity contribution in [3.8, 4) is 11.1 Å². The minimum absolute atomic E-state index is 0.0472. The number of hydrogen-bond donors (Lipinski definition) is 4. The molecule has 3 aromatic rings. The predicted octanol–water partition coefficient (Wildman–Crippen LogP) is 5.68. The molecule has 1 aliphatic rings. The van der Waals surface area contributed by atoms with E-state index in [1.807, 2.05) is 78.9 Å². The third kappa shape index (κ3) is 15.0. The van der Waals surface area contributed by atoms with Gasteiger partial charge in [0.1, 0.15) is 36.9 Å². The average Bonchev–Trinajstić information content (AvgIpc) is 3.52. The molecule has 4 N–H and O–H groups in total. The fourth-order valence-corrected chi connectivity index (χ4v) is 6.43. The molecule has 15 nitrogen and oxygen atoms in total. The number of methoxy groups -OCH3 is 1. The number of carbonyl (C=O) groups excluding carboxylic acids is 6. The third-order valence-electron chi connectivity index (χ3n) is 9.26. The van der Waals surface area contributed by atoms with Gasteiger partial charge in [-0.2, -0.15) is 0 Å². The number of fused-ring (bicyclic) bond motifs is 3. The molecule has 15 heteroatoms. The van der Waals surface area contributed by atoms with Crippen molar-refractivity contribution in [2.75, 3.05) is 26.9 Å². The molecule has 0 bridgehead atoms. The van der Waals surface area contributed by atoms with E-state index < -0.39 is 71.7 Å². The van der Waals surface area contributed by atoms with Gasteiger partial charge in [0.2, 0.25) is 11.8 Å². The topological polar surface area (TPSA) is 197 Å². The molecule has 1 aliphatic carbocycles. The van der Waals surface area contributed by atoms with E-state index in [9.17, 15) is 28.8 Å². The van der Waals surface area contributed by atoms with Crippen LogP contribution in [0.2, 0.25) is 0 Å². The summed E-state index contributed by atoms with van der Waals surface area (Å²) in [4.78, 5) is 79.1. The first-order chi connectivity index (χ1) is 28.4. The molecular formula is C45H58N4O11. The first kappa shape index (κ1) is 46.7. The van der Waals surface area contributed by atoms with Crippen LogP contribution in [0.15, 0.2) is 78.9 Å². The summed E-state index contributed by atoms with van der Waals surface area (Å²) in [6.07, 6.45) is -1.14. The Kier molecular flexibility index (Phi) is 17.0. The number of ether oxygens (including phenoxy) is 5. The monoisotopic (exact) mass is 830 g/mol. The molecule has 3 aromatic carbocycles. The zero-order valence-electron chi connectivity index (χ0n) is 35.5. The van der Waals surface area contributed by atoms with Crippen LogP contribution >= 0.6 is 0 Å². The van der Waals surface area contributed by atoms with Crippen molar-refractivity contribution in [1.29, 1.82) is 0 Å². The smallest absolute Gasteiger partial charge is 0.407 e. The Labute approximate surface area is 351 Å². The highest BCUT2D eigenvalue weighted by molar-refractivity contribution is 5.94. The Morgan fingerprint density at radius 3 is 1.83 bits per heavy atom. The normalized spacial score (nSPS) is 13.7. The van der Waals surface area contributed by atoms with Crippen molar-refractivity contribution < 1.29 is 52.5 Å². The minimum Gasteiger partial charge on any atom is -0.467 e. The van der Waals surface area contributed by atoms with Gasteiger partial charge in [0.15, 0.2) is 0 Å². The van der Waals surface area contributed by atoms with E-state index >= 15 is 0 Å². The summed E-state index contributed by atoms with van der Waals surface area (Å²) < 4.78 is 27.2. The number of rotatable bonds is 19. The maximum atomic E-state index is 13.9. The Bertz CT molecular complexity index is 1900. The van der Waals surface area contributed by atoms with Gasteiger partial charge in [0.25, 0.3) is 0 Å². The summed E-state index contributed by atoms with van der Waals surface area (Å²) in [6.45, 7) is 10.3. The van der Waals surface area contributed by atoms with Gasteiger partial charge in [-0.05, 0) is 88.6 Å². The summed E-state index contributed by atoms with van der Waals surface area (Å²) in [5, 5.41) is 10.4. The second-order valence-corrected chi connectivity index (χ2v) is 16.4. The highest BCUT2D eigenvalue weighted by atomic mass is 16.6. The van der Waals surface area contributed by atoms with Crippen molar-refractivity contribution >= 4 is 35.9 Å². The highest BCUT2D eigenvalue weighted by Crippen LogP contribution is 2.44. The lowest BCUT2D eigenvalue weighted by atomic mass is 9.98. The Hall–Kier alpha value is -5.96. The van der Waals surface area contributed by atoms with Crippen LogP contribution < -0.4 is 21.3 Å². The lowest BCUT2D eigenvalue weighted by Crippen LogP contribution is -2.58. The average molecular weight is 831 g/mol. The van der Waals surface area contributed by atoms with E-state index in [0.29, 0.717) is 12.8 Å². The quantitative estimate of drug-likeness (QED) is 0.0659. The molecule has 0 heterocycles. The molecule has 0 saturated carbocycles. The number of amides is 4. The second kappa shape index (κ2) is 21.9. The lowest BCUT2D eigenvalue weighted by Gasteiger charge is -2.28. The molecule has 4 rings (SSSR count). The number of alkyl carbamates (subject to hydrolysis) is 2. The molecule has 0 spiro atoms. The predicted molar refractivity (Wildman–Crippen MR) is 223 cm³/mol. The van der Waals surface area contributed by atoms with Crippen LogP contribution in [0, 0.1) is 0 Å². The van der Waals surface area contributed by atoms with Gasteiger partial charge in [-0.1, -0.05) is 78.9 Å². The van der Waals surface area contributed by atoms with Gasteiger partial charge in [0.05, 0.1) is 25.7 Å². The Morgan fingerprint density at radius 1 is 0.650 bits per heavy atom. The highest BCUT2D eigenvalue weighted by Gasteiger charge is 2.34. The summed E-state index contributed by atoms with van der Waals surface area (Å²) in [5.74, 6) is -3.43. The van der Waals surface area contributed by atoms with Crippen molar-refractivity contribution in [3.63, 3.8) is 0 Å². The first-order valence-electron chi connectivity index (χ1n) is 20.0. The number of benzene rings is 3. The molecule has 3 atom stereocenters. The van der Waals surface area contributed by atoms with Gasteiger partial charge in [0, 0.05) is 12.5 Å². The summed E-state index contributed by atoms with van der Waals surface area (Å²) in [7, 11) is 1.18. The lowest BCUT2D eigenvalue weighted by molar-refractivity contribution is -0.156. The fourth-order valence-electron chi connectivity index (χ4n) is 6.43. The zero-order valence-corrected chi connectivity index (χ0v) is 35.5. The second-order valence-electron chi connectivity index (χ2n) is 16.4. The van der Waals surface area contributed by atoms with Crippen LogP contribution in [0.4, 0.5) is 9.59 Å². The third-order valence-corrected chi connectivity index (χ3v) is 9.26. The molecule has 0 fully saturated rings. The number of nitrogens with one attached hydrogen (secondary N) is 4. The van der Waals surface area contributed by atoms with E-state index in [1.165, 1.54) is 7.11 Å². The molecular weight excluding hydrogens is 773 g/mol. The fraction of sp³-hybridized carbons (Fsp3) is 0.467. The molecule has 60 heavy (non-hydrogen) atoms. The van der Waals surface area contributed by atoms with Crippen molar-refractivity contribution in [2.45, 2.75) is 109 Å². The van der Waals surface area contributed by atoms with E-state index in [-0.39, 0.29) is 38.7 Å². The van der Waals surface area contributed by atoms with Gasteiger partial charge in [-0.3, -0.25) is 14.4 Å². The van der Waals surface area contributed by atoms with Gasteiger partial charge >= 0.3 is 24.1 Å². The summed E-state index contributed by atoms with van der Waals surface area (Å²) in [6, 6.07) is 20.9. The number of carbonyl (C=O) groups is 6. The molecule has 4 amide bonds. The van der Waals surface area contributed by atoms with Crippen LogP contribution in [0.3, 0.4) is 0 Å². The maximum absolute atomic E-state index is 13.9. The number of hydrogen-bond acceptors (Lipinski definition) is 11. The SMILES string of the molecule is COC(=O)C(CCCCNC(=O)OCc1ccccc1)NC(=O)C(COC(C)(C)C)NC(=O)C(CC(=O)OC(C)(C)C)NC(=O)OCC1c2ccccc2-c2ccccc21. The van der Waals surface area contributed by atoms with Crippen LogP contribution in [0.25, 0.3) is 11.1 Å². The molecule has 0 radical (unpaired) electrons. The maximum Gasteiger partial charge on any atom is 0.407 e. The molecule has 0 saturated heterocycles. The standard InChI is InChI=1S/C45H58N4O11/c1-44(2,3)59-28-37(40(52)47-35(41(53)56-7)23-15-16-24-46-42(54)57-26-29-17-9-8-10-18-29)48-39(51)36(25-38(50)60-45(4,5)6)49-43(55)58-27-34-32-21-13-11-19-30(32)31-20-12-14-22-33(31)34/h8-14,17-22,34-37H,15-16,23-28H2,1-7H3,(H,46,54)(H,47,52)(H,48,51)(H,49,55). The van der Waals surface area contributed by atoms with Crippen molar-refractivity contribution in [1.82, 2.24) is 21.3 Å². The van der Waals surface area contributed by atoms with E-state index in [0.717, 1.165) is 27.8 Å². The van der Waals surface area contributed by atoms with Crippen LogP contribution in [-0.2, 0) is 49.5 Å². The van der Waals surface area contributed by atoms with E-state index in [2.05, 4.69) is 21.3 Å². The molecule has 0 aliphatic heterocycles. The minimum atomic E-state index is -1.52. The van der Waals surface area contributed by atoms with Crippen LogP contribution in [-0.4, -0.2) is 92.1 Å². The van der Waals surface area contributed by atoms with Gasteiger partial charge in [-0.25, -0.2) is 14.4 Å². The Balaban J connectivity index is 1.41. The van der Waals surface area contributed by atoms with E-state index in [1.54, 1.807) is 41.5 Å². The zero-order chi connectivity index (χ0) is 43.9. The molecule has 0 aromatic heterocycles. The van der Waals surface area contributed by atoms with Crippen molar-refractivity contribution in [3.05, 3.63) is 95.6 Å². The van der Waals surface area contributed by atoms with Gasteiger partial charge in [-0.15, -0.1) is 0 Å². The van der Waals surface area contributed by atoms with E-state index in [4.69, 9.17) is 23.7 Å². The largest absolute Gasteiger partial charge is 0.467 e. The number of esters is 2. The molecule has 324 valence electrons. The Morgan fingerprint density at radius 2 is 1.23 bits per heavy atom.